The van der Waals surface area contributed by atoms with Crippen LogP contribution in [-0.2, 0) is 9.53 Å². The zero-order chi connectivity index (χ0) is 11.7. The second-order valence-electron chi connectivity index (χ2n) is 3.54. The largest absolute Gasteiger partial charge is 0.452 e. The van der Waals surface area contributed by atoms with Crippen LogP contribution in [0.2, 0.25) is 0 Å². The normalized spacial score (nSPS) is 22.1. The van der Waals surface area contributed by atoms with Crippen molar-refractivity contribution in [3.05, 3.63) is 29.8 Å². The number of esters is 1. The number of ether oxygens (including phenoxy) is 1. The highest BCUT2D eigenvalue weighted by atomic mass is 32.2. The molecular formula is C11H13NO3S. The zero-order valence-corrected chi connectivity index (χ0v) is 9.95. The Balaban J connectivity index is 2.26. The molecule has 1 aliphatic rings. The van der Waals surface area contributed by atoms with Gasteiger partial charge in [0.2, 0.25) is 0 Å². The van der Waals surface area contributed by atoms with Gasteiger partial charge in [0.15, 0.2) is 0 Å². The summed E-state index contributed by atoms with van der Waals surface area (Å²) < 4.78 is 7.99. The van der Waals surface area contributed by atoms with Crippen LogP contribution in [0.4, 0.5) is 0 Å². The smallest absolute Gasteiger partial charge is 0.303 e. The van der Waals surface area contributed by atoms with Crippen molar-refractivity contribution in [2.24, 2.45) is 0 Å². The van der Waals surface area contributed by atoms with Crippen LogP contribution in [0.3, 0.4) is 0 Å². The summed E-state index contributed by atoms with van der Waals surface area (Å²) in [6.45, 7) is 3.17. The summed E-state index contributed by atoms with van der Waals surface area (Å²) in [5, 5.41) is 0. The van der Waals surface area contributed by atoms with Gasteiger partial charge in [0.25, 0.3) is 5.91 Å². The van der Waals surface area contributed by atoms with E-state index >= 15 is 0 Å². The number of rotatable bonds is 2. The Kier molecular flexibility index (Phi) is 2.87. The first-order chi connectivity index (χ1) is 7.59. The van der Waals surface area contributed by atoms with Crippen LogP contribution in [-0.4, -0.2) is 17.3 Å². The Labute approximate surface area is 96.5 Å². The van der Waals surface area contributed by atoms with Crippen LogP contribution in [0.15, 0.2) is 29.2 Å². The van der Waals surface area contributed by atoms with Crippen molar-refractivity contribution in [3.63, 3.8) is 0 Å². The van der Waals surface area contributed by atoms with Crippen molar-refractivity contribution in [3.8, 4) is 0 Å². The van der Waals surface area contributed by atoms with Crippen molar-refractivity contribution in [2.45, 2.75) is 24.2 Å². The van der Waals surface area contributed by atoms with Crippen molar-refractivity contribution in [2.75, 3.05) is 0 Å². The quantitative estimate of drug-likeness (QED) is 0.609. The number of fused-ring (bicyclic) bond motifs is 1. The first-order valence-corrected chi connectivity index (χ1v) is 6.37. The standard InChI is InChI=1S/C11H13NO3S/c1-7(13)15-8(2)16-10-6-4-3-5-9(10)11(14)12-16/h3-6,8,16H,1-2H3,(H,12,14). The molecule has 0 bridgehead atoms. The number of amides is 1. The summed E-state index contributed by atoms with van der Waals surface area (Å²) in [6.07, 6.45) is 0. The van der Waals surface area contributed by atoms with Crippen molar-refractivity contribution in [1.82, 2.24) is 4.72 Å². The Bertz CT molecular complexity index is 447. The Morgan fingerprint density at radius 2 is 2.12 bits per heavy atom. The fraction of sp³-hybridized carbons (Fsp3) is 0.273. The maximum Gasteiger partial charge on any atom is 0.303 e. The van der Waals surface area contributed by atoms with Crippen LogP contribution in [0.25, 0.3) is 0 Å². The molecule has 1 aromatic carbocycles. The van der Waals surface area contributed by atoms with Gasteiger partial charge in [0, 0.05) is 11.8 Å². The van der Waals surface area contributed by atoms with Gasteiger partial charge in [-0.3, -0.25) is 9.59 Å². The van der Waals surface area contributed by atoms with Crippen molar-refractivity contribution < 1.29 is 14.3 Å². The summed E-state index contributed by atoms with van der Waals surface area (Å²) in [7, 11) is 0. The third-order valence-corrected chi connectivity index (χ3v) is 4.52. The molecule has 0 fully saturated rings. The summed E-state index contributed by atoms with van der Waals surface area (Å²) in [6, 6.07) is 7.40. The number of nitrogens with one attached hydrogen (secondary N) is 1. The molecule has 0 saturated carbocycles. The van der Waals surface area contributed by atoms with E-state index in [0.29, 0.717) is 5.56 Å². The highest BCUT2D eigenvalue weighted by Gasteiger charge is 2.30. The van der Waals surface area contributed by atoms with E-state index in [1.807, 2.05) is 18.2 Å². The van der Waals surface area contributed by atoms with Gasteiger partial charge in [-0.25, -0.2) is 0 Å². The minimum Gasteiger partial charge on any atom is -0.452 e. The van der Waals surface area contributed by atoms with Gasteiger partial charge in [0.05, 0.1) is 5.56 Å². The topological polar surface area (TPSA) is 55.4 Å². The average molecular weight is 239 g/mol. The van der Waals surface area contributed by atoms with E-state index in [2.05, 4.69) is 4.72 Å². The zero-order valence-electron chi connectivity index (χ0n) is 9.06. The number of hydrogen-bond donors (Lipinski definition) is 2. The minimum atomic E-state index is -0.937. The molecule has 2 atom stereocenters. The molecule has 1 aromatic rings. The molecule has 0 aromatic heterocycles. The molecule has 1 aliphatic heterocycles. The molecule has 1 heterocycles. The van der Waals surface area contributed by atoms with Gasteiger partial charge in [0.1, 0.15) is 5.44 Å². The van der Waals surface area contributed by atoms with E-state index in [9.17, 15) is 9.59 Å². The lowest BCUT2D eigenvalue weighted by Crippen LogP contribution is -2.21. The molecule has 0 saturated heterocycles. The SMILES string of the molecule is CC(=O)OC(C)[SH]1NC(=O)c2ccccc21. The number of carbonyl (C=O) groups excluding carboxylic acids is 2. The monoisotopic (exact) mass is 239 g/mol. The highest BCUT2D eigenvalue weighted by molar-refractivity contribution is 8.16. The Morgan fingerprint density at radius 3 is 2.81 bits per heavy atom. The second kappa shape index (κ2) is 4.17. The summed E-state index contributed by atoms with van der Waals surface area (Å²) in [5.41, 5.74) is 0.396. The molecule has 0 spiro atoms. The second-order valence-corrected chi connectivity index (χ2v) is 5.71. The predicted molar refractivity (Wildman–Crippen MR) is 62.4 cm³/mol. The minimum absolute atomic E-state index is 0.0827. The third kappa shape index (κ3) is 1.90. The van der Waals surface area contributed by atoms with Crippen molar-refractivity contribution in [1.29, 1.82) is 0 Å². The fourth-order valence-corrected chi connectivity index (χ4v) is 3.65. The maximum atomic E-state index is 11.6. The number of hydrogen-bond acceptors (Lipinski definition) is 3. The van der Waals surface area contributed by atoms with E-state index in [-0.39, 0.29) is 17.3 Å². The summed E-state index contributed by atoms with van der Waals surface area (Å²) >= 11 is -0.937. The maximum absolute atomic E-state index is 11.6. The molecule has 1 N–H and O–H groups in total. The number of thiol groups is 1. The van der Waals surface area contributed by atoms with Crippen LogP contribution >= 0.6 is 11.1 Å². The number of carbonyl (C=O) groups is 2. The molecule has 4 nitrogen and oxygen atoms in total. The lowest BCUT2D eigenvalue weighted by atomic mass is 10.2. The summed E-state index contributed by atoms with van der Waals surface area (Å²) in [4.78, 5) is 23.5. The molecule has 5 heteroatoms. The van der Waals surface area contributed by atoms with Gasteiger partial charge in [-0.1, -0.05) is 12.1 Å². The Hall–Kier alpha value is -1.49. The van der Waals surface area contributed by atoms with Gasteiger partial charge < -0.3 is 9.46 Å². The number of benzene rings is 1. The molecule has 16 heavy (non-hydrogen) atoms. The highest BCUT2D eigenvalue weighted by Crippen LogP contribution is 2.44. The van der Waals surface area contributed by atoms with Gasteiger partial charge in [-0.05, 0) is 19.1 Å². The van der Waals surface area contributed by atoms with Crippen LogP contribution in [0, 0.1) is 0 Å². The van der Waals surface area contributed by atoms with E-state index in [0.717, 1.165) is 4.90 Å². The summed E-state index contributed by atoms with van der Waals surface area (Å²) in [5.74, 6) is -0.408. The third-order valence-electron chi connectivity index (χ3n) is 2.33. The van der Waals surface area contributed by atoms with Crippen LogP contribution in [0.1, 0.15) is 24.2 Å². The average Bonchev–Trinajstić information content (AvgIpc) is 2.56. The molecule has 2 rings (SSSR count). The first kappa shape index (κ1) is 11.0. The van der Waals surface area contributed by atoms with Crippen LogP contribution < -0.4 is 4.72 Å². The molecular weight excluding hydrogens is 226 g/mol. The lowest BCUT2D eigenvalue weighted by Gasteiger charge is -2.23. The fourth-order valence-electron chi connectivity index (χ4n) is 1.69. The van der Waals surface area contributed by atoms with E-state index in [1.54, 1.807) is 13.0 Å². The van der Waals surface area contributed by atoms with E-state index in [1.165, 1.54) is 6.92 Å². The van der Waals surface area contributed by atoms with Crippen LogP contribution in [0.5, 0.6) is 0 Å². The van der Waals surface area contributed by atoms with Gasteiger partial charge >= 0.3 is 5.97 Å². The first-order valence-electron chi connectivity index (χ1n) is 4.96. The van der Waals surface area contributed by atoms with E-state index < -0.39 is 11.1 Å². The van der Waals surface area contributed by atoms with E-state index in [4.69, 9.17) is 4.74 Å². The molecule has 86 valence electrons. The molecule has 1 amide bonds. The molecule has 0 radical (unpaired) electrons. The Morgan fingerprint density at radius 1 is 1.44 bits per heavy atom. The lowest BCUT2D eigenvalue weighted by molar-refractivity contribution is -0.141. The van der Waals surface area contributed by atoms with Gasteiger partial charge in [-0.2, -0.15) is 0 Å². The molecule has 2 unspecified atom stereocenters. The van der Waals surface area contributed by atoms with Gasteiger partial charge in [-0.15, -0.1) is 11.1 Å². The molecule has 0 aliphatic carbocycles. The predicted octanol–water partition coefficient (Wildman–Crippen LogP) is 1.61. The van der Waals surface area contributed by atoms with Crippen molar-refractivity contribution >= 4 is 23.0 Å².